The molecule has 72 valence electrons. The fourth-order valence-electron chi connectivity index (χ4n) is 1.90. The normalized spacial score (nSPS) is 26.6. The van der Waals surface area contributed by atoms with Gasteiger partial charge in [0.1, 0.15) is 23.5 Å². The quantitative estimate of drug-likeness (QED) is 0.546. The largest absolute Gasteiger partial charge is 0.299 e. The van der Waals surface area contributed by atoms with Crippen molar-refractivity contribution in [2.75, 3.05) is 0 Å². The van der Waals surface area contributed by atoms with Gasteiger partial charge in [0.25, 0.3) is 0 Å². The molecule has 0 radical (unpaired) electrons. The number of Topliss-reactive ketones (excluding diaryl/α,β-unsaturated/α-hetero) is 1. The van der Waals surface area contributed by atoms with Crippen LogP contribution >= 0.6 is 0 Å². The van der Waals surface area contributed by atoms with Gasteiger partial charge in [-0.3, -0.25) is 4.79 Å². The highest BCUT2D eigenvalue weighted by Crippen LogP contribution is 2.31. The van der Waals surface area contributed by atoms with Crippen molar-refractivity contribution in [3.05, 3.63) is 11.1 Å². The Kier molecular flexibility index (Phi) is 3.04. The second-order valence-corrected chi connectivity index (χ2v) is 3.81. The highest BCUT2D eigenvalue weighted by molar-refractivity contribution is 5.84. The molecule has 0 heterocycles. The van der Waals surface area contributed by atoms with Gasteiger partial charge in [-0.2, -0.15) is 10.5 Å². The third-order valence-corrected chi connectivity index (χ3v) is 2.65. The summed E-state index contributed by atoms with van der Waals surface area (Å²) >= 11 is 0. The van der Waals surface area contributed by atoms with Crippen LogP contribution in [0.2, 0.25) is 0 Å². The van der Waals surface area contributed by atoms with Crippen LogP contribution in [0.5, 0.6) is 0 Å². The summed E-state index contributed by atoms with van der Waals surface area (Å²) < 4.78 is 0. The Morgan fingerprint density at radius 1 is 1.21 bits per heavy atom. The maximum atomic E-state index is 11.5. The summed E-state index contributed by atoms with van der Waals surface area (Å²) in [5.74, 6) is 0.139. The summed E-state index contributed by atoms with van der Waals surface area (Å²) in [7, 11) is 0. The Hall–Kier alpha value is -1.61. The average Bonchev–Trinajstić information content (AvgIpc) is 2.16. The fourth-order valence-corrected chi connectivity index (χ4v) is 1.90. The SMILES string of the molecule is CC1CC(=C(C#N)C#N)CC(C)C1=O. The molecule has 1 aliphatic carbocycles. The third kappa shape index (κ3) is 1.83. The van der Waals surface area contributed by atoms with E-state index in [4.69, 9.17) is 10.5 Å². The molecule has 1 rings (SSSR count). The highest BCUT2D eigenvalue weighted by atomic mass is 16.1. The maximum Gasteiger partial charge on any atom is 0.139 e. The van der Waals surface area contributed by atoms with Gasteiger partial charge >= 0.3 is 0 Å². The van der Waals surface area contributed by atoms with Crippen molar-refractivity contribution < 1.29 is 4.79 Å². The van der Waals surface area contributed by atoms with Gasteiger partial charge in [0, 0.05) is 11.8 Å². The Labute approximate surface area is 83.6 Å². The number of carbonyl (C=O) groups excluding carboxylic acids is 1. The predicted octanol–water partition coefficient (Wildman–Crippen LogP) is 1.97. The van der Waals surface area contributed by atoms with Crippen molar-refractivity contribution in [2.24, 2.45) is 11.8 Å². The van der Waals surface area contributed by atoms with E-state index in [1.807, 2.05) is 26.0 Å². The zero-order valence-electron chi connectivity index (χ0n) is 8.37. The minimum Gasteiger partial charge on any atom is -0.299 e. The van der Waals surface area contributed by atoms with E-state index in [0.29, 0.717) is 12.8 Å². The summed E-state index contributed by atoms with van der Waals surface area (Å²) in [6.07, 6.45) is 1.14. The van der Waals surface area contributed by atoms with Crippen LogP contribution in [0.15, 0.2) is 11.1 Å². The number of hydrogen-bond donors (Lipinski definition) is 0. The van der Waals surface area contributed by atoms with Crippen molar-refractivity contribution in [1.29, 1.82) is 10.5 Å². The zero-order chi connectivity index (χ0) is 10.7. The molecule has 0 bridgehead atoms. The zero-order valence-corrected chi connectivity index (χ0v) is 8.37. The van der Waals surface area contributed by atoms with Gasteiger partial charge in [0.2, 0.25) is 0 Å². The molecule has 0 aliphatic heterocycles. The second-order valence-electron chi connectivity index (χ2n) is 3.81. The van der Waals surface area contributed by atoms with Gasteiger partial charge in [-0.15, -0.1) is 0 Å². The first-order chi connectivity index (χ1) is 6.60. The van der Waals surface area contributed by atoms with E-state index in [0.717, 1.165) is 5.57 Å². The number of carbonyl (C=O) groups is 1. The summed E-state index contributed by atoms with van der Waals surface area (Å²) in [6.45, 7) is 3.70. The van der Waals surface area contributed by atoms with E-state index >= 15 is 0 Å². The molecule has 1 fully saturated rings. The minimum absolute atomic E-state index is 0.0505. The first-order valence-corrected chi connectivity index (χ1v) is 4.66. The van der Waals surface area contributed by atoms with Crippen LogP contribution in [0.4, 0.5) is 0 Å². The molecule has 0 saturated heterocycles. The van der Waals surface area contributed by atoms with Gasteiger partial charge in [0.15, 0.2) is 0 Å². The topological polar surface area (TPSA) is 64.7 Å². The average molecular weight is 188 g/mol. The Balaban J connectivity index is 2.99. The monoisotopic (exact) mass is 188 g/mol. The van der Waals surface area contributed by atoms with Crippen molar-refractivity contribution in [1.82, 2.24) is 0 Å². The molecule has 1 saturated carbocycles. The van der Waals surface area contributed by atoms with Crippen LogP contribution in [0, 0.1) is 34.5 Å². The Bertz CT molecular complexity index is 336. The van der Waals surface area contributed by atoms with Crippen molar-refractivity contribution in [3.63, 3.8) is 0 Å². The third-order valence-electron chi connectivity index (χ3n) is 2.65. The van der Waals surface area contributed by atoms with E-state index in [2.05, 4.69) is 0 Å². The van der Waals surface area contributed by atoms with Crippen LogP contribution in [-0.4, -0.2) is 5.78 Å². The van der Waals surface area contributed by atoms with Gasteiger partial charge in [-0.25, -0.2) is 0 Å². The summed E-state index contributed by atoms with van der Waals surface area (Å²) in [5.41, 5.74) is 1.03. The lowest BCUT2D eigenvalue weighted by atomic mass is 9.78. The molecule has 0 spiro atoms. The van der Waals surface area contributed by atoms with Gasteiger partial charge in [-0.1, -0.05) is 13.8 Å². The number of ketones is 1. The van der Waals surface area contributed by atoms with E-state index in [-0.39, 0.29) is 23.2 Å². The van der Waals surface area contributed by atoms with E-state index in [1.54, 1.807) is 0 Å². The lowest BCUT2D eigenvalue weighted by Gasteiger charge is -2.24. The number of allylic oxidation sites excluding steroid dienone is 2. The molecule has 2 unspecified atom stereocenters. The van der Waals surface area contributed by atoms with Crippen LogP contribution in [0.3, 0.4) is 0 Å². The van der Waals surface area contributed by atoms with Gasteiger partial charge in [0.05, 0.1) is 0 Å². The van der Waals surface area contributed by atoms with Crippen molar-refractivity contribution in [2.45, 2.75) is 26.7 Å². The molecular weight excluding hydrogens is 176 g/mol. The lowest BCUT2D eigenvalue weighted by molar-refractivity contribution is -0.126. The smallest absolute Gasteiger partial charge is 0.139 e. The van der Waals surface area contributed by atoms with E-state index < -0.39 is 0 Å². The highest BCUT2D eigenvalue weighted by Gasteiger charge is 2.29. The number of rotatable bonds is 0. The van der Waals surface area contributed by atoms with Crippen LogP contribution in [0.25, 0.3) is 0 Å². The molecule has 0 aromatic carbocycles. The number of nitrogens with zero attached hydrogens (tertiary/aromatic N) is 2. The molecule has 0 aromatic heterocycles. The molecule has 14 heavy (non-hydrogen) atoms. The maximum absolute atomic E-state index is 11.5. The van der Waals surface area contributed by atoms with Crippen molar-refractivity contribution in [3.8, 4) is 12.1 Å². The fraction of sp³-hybridized carbons (Fsp3) is 0.545. The second kappa shape index (κ2) is 4.07. The predicted molar refractivity (Wildman–Crippen MR) is 50.8 cm³/mol. The van der Waals surface area contributed by atoms with E-state index in [1.165, 1.54) is 0 Å². The molecule has 3 heteroatoms. The lowest BCUT2D eigenvalue weighted by Crippen LogP contribution is -2.26. The Morgan fingerprint density at radius 2 is 1.64 bits per heavy atom. The first kappa shape index (κ1) is 10.5. The minimum atomic E-state index is -0.0505. The molecule has 1 aliphatic rings. The Morgan fingerprint density at radius 3 is 2.00 bits per heavy atom. The van der Waals surface area contributed by atoms with E-state index in [9.17, 15) is 4.79 Å². The standard InChI is InChI=1S/C11H12N2O/c1-7-3-9(10(5-12)6-13)4-8(2)11(7)14/h7-8H,3-4H2,1-2H3. The first-order valence-electron chi connectivity index (χ1n) is 4.66. The summed E-state index contributed by atoms with van der Waals surface area (Å²) in [6, 6.07) is 3.77. The molecule has 0 aromatic rings. The summed E-state index contributed by atoms with van der Waals surface area (Å²) in [4.78, 5) is 11.5. The number of nitriles is 2. The van der Waals surface area contributed by atoms with Crippen LogP contribution in [-0.2, 0) is 4.79 Å². The van der Waals surface area contributed by atoms with Gasteiger partial charge in [-0.05, 0) is 18.4 Å². The molecule has 3 nitrogen and oxygen atoms in total. The van der Waals surface area contributed by atoms with Gasteiger partial charge < -0.3 is 0 Å². The summed E-state index contributed by atoms with van der Waals surface area (Å²) in [5, 5.41) is 17.4. The van der Waals surface area contributed by atoms with Crippen LogP contribution < -0.4 is 0 Å². The number of hydrogen-bond acceptors (Lipinski definition) is 3. The van der Waals surface area contributed by atoms with Crippen molar-refractivity contribution >= 4 is 5.78 Å². The molecule has 2 atom stereocenters. The molecule has 0 N–H and O–H groups in total. The molecule has 0 amide bonds. The molecular formula is C11H12N2O. The van der Waals surface area contributed by atoms with Crippen LogP contribution in [0.1, 0.15) is 26.7 Å².